The maximum atomic E-state index is 12.4. The Labute approximate surface area is 154 Å². The molecule has 3 rings (SSSR count). The van der Waals surface area contributed by atoms with E-state index in [4.69, 9.17) is 0 Å². The Balaban J connectivity index is 1.87. The van der Waals surface area contributed by atoms with Crippen molar-refractivity contribution in [1.82, 2.24) is 4.98 Å². The van der Waals surface area contributed by atoms with Crippen molar-refractivity contribution >= 4 is 28.1 Å². The van der Waals surface area contributed by atoms with Crippen molar-refractivity contribution in [3.63, 3.8) is 0 Å². The topological polar surface area (TPSA) is 85.1 Å². The number of carbonyl (C=O) groups excluding carboxylic acids is 1. The number of nitro groups is 1. The van der Waals surface area contributed by atoms with Crippen molar-refractivity contribution in [2.75, 3.05) is 5.32 Å². The molecule has 0 spiro atoms. The smallest absolute Gasteiger partial charge is 0.270 e. The lowest BCUT2D eigenvalue weighted by molar-refractivity contribution is -0.384. The molecule has 0 saturated heterocycles. The van der Waals surface area contributed by atoms with Crippen LogP contribution in [0.15, 0.2) is 54.6 Å². The number of nitro benzene ring substituents is 1. The molecule has 6 nitrogen and oxygen atoms in total. The lowest BCUT2D eigenvalue weighted by Crippen LogP contribution is -2.11. The minimum Gasteiger partial charge on any atom is -0.298 e. The molecule has 0 unspecified atom stereocenters. The lowest BCUT2D eigenvalue weighted by Gasteiger charge is -2.01. The maximum Gasteiger partial charge on any atom is 0.270 e. The van der Waals surface area contributed by atoms with Gasteiger partial charge in [0, 0.05) is 28.1 Å². The highest BCUT2D eigenvalue weighted by Gasteiger charge is 2.16. The minimum absolute atomic E-state index is 0.117. The minimum atomic E-state index is -0.521. The van der Waals surface area contributed by atoms with Gasteiger partial charge in [-0.1, -0.05) is 49.7 Å². The van der Waals surface area contributed by atoms with E-state index in [-0.39, 0.29) is 11.3 Å². The van der Waals surface area contributed by atoms with Crippen molar-refractivity contribution in [1.29, 1.82) is 0 Å². The van der Waals surface area contributed by atoms with Gasteiger partial charge in [-0.05, 0) is 12.5 Å². The third kappa shape index (κ3) is 3.94. The average molecular weight is 367 g/mol. The first kappa shape index (κ1) is 17.8. The van der Waals surface area contributed by atoms with Gasteiger partial charge in [0.25, 0.3) is 11.6 Å². The fourth-order valence-corrected chi connectivity index (χ4v) is 3.63. The predicted octanol–water partition coefficient (Wildman–Crippen LogP) is 4.92. The van der Waals surface area contributed by atoms with Crippen LogP contribution in [-0.2, 0) is 6.42 Å². The summed E-state index contributed by atoms with van der Waals surface area (Å²) in [5.74, 6) is -0.412. The van der Waals surface area contributed by atoms with E-state index in [0.29, 0.717) is 5.13 Å². The van der Waals surface area contributed by atoms with Crippen LogP contribution in [-0.4, -0.2) is 15.8 Å². The standard InChI is InChI=1S/C19H17N3O3S/c1-2-7-16-17(13-8-4-3-5-9-13)20-19(26-16)21-18(23)14-10-6-11-15(12-14)22(24)25/h3-6,8-12H,2,7H2,1H3,(H,20,21,23). The van der Waals surface area contributed by atoms with Crippen LogP contribution in [0, 0.1) is 10.1 Å². The monoisotopic (exact) mass is 367 g/mol. The first-order chi connectivity index (χ1) is 12.6. The van der Waals surface area contributed by atoms with Crippen LogP contribution in [0.25, 0.3) is 11.3 Å². The van der Waals surface area contributed by atoms with Crippen molar-refractivity contribution in [2.24, 2.45) is 0 Å². The molecule has 0 aliphatic rings. The second-order valence-electron chi connectivity index (χ2n) is 5.67. The number of hydrogen-bond acceptors (Lipinski definition) is 5. The third-order valence-electron chi connectivity index (χ3n) is 3.76. The summed E-state index contributed by atoms with van der Waals surface area (Å²) >= 11 is 1.44. The summed E-state index contributed by atoms with van der Waals surface area (Å²) in [5.41, 5.74) is 1.98. The molecule has 2 aromatic carbocycles. The number of benzene rings is 2. The molecule has 7 heteroatoms. The number of amides is 1. The molecule has 3 aromatic rings. The number of aromatic nitrogens is 1. The highest BCUT2D eigenvalue weighted by Crippen LogP contribution is 2.32. The first-order valence-corrected chi connectivity index (χ1v) is 9.01. The molecule has 0 bridgehead atoms. The molecular formula is C19H17N3O3S. The Morgan fingerprint density at radius 3 is 2.65 bits per heavy atom. The Morgan fingerprint density at radius 1 is 1.19 bits per heavy atom. The molecule has 0 atom stereocenters. The van der Waals surface area contributed by atoms with Gasteiger partial charge in [0.05, 0.1) is 10.6 Å². The van der Waals surface area contributed by atoms with Crippen molar-refractivity contribution < 1.29 is 9.72 Å². The molecule has 1 heterocycles. The molecule has 0 fully saturated rings. The predicted molar refractivity (Wildman–Crippen MR) is 103 cm³/mol. The molecule has 26 heavy (non-hydrogen) atoms. The maximum absolute atomic E-state index is 12.4. The van der Waals surface area contributed by atoms with Crippen LogP contribution >= 0.6 is 11.3 Å². The fraction of sp³-hybridized carbons (Fsp3) is 0.158. The van der Waals surface area contributed by atoms with E-state index in [9.17, 15) is 14.9 Å². The highest BCUT2D eigenvalue weighted by molar-refractivity contribution is 7.16. The number of nitrogens with zero attached hydrogens (tertiary/aromatic N) is 2. The Bertz CT molecular complexity index is 938. The van der Waals surface area contributed by atoms with Crippen LogP contribution in [0.4, 0.5) is 10.8 Å². The summed E-state index contributed by atoms with van der Waals surface area (Å²) in [6, 6.07) is 15.5. The zero-order chi connectivity index (χ0) is 18.5. The molecule has 0 saturated carbocycles. The van der Waals surface area contributed by atoms with E-state index in [1.807, 2.05) is 30.3 Å². The number of thiazole rings is 1. The number of aryl methyl sites for hydroxylation is 1. The Hall–Kier alpha value is -3.06. The number of rotatable bonds is 6. The molecular weight excluding hydrogens is 350 g/mol. The Kier molecular flexibility index (Phi) is 5.38. The second kappa shape index (κ2) is 7.88. The quantitative estimate of drug-likeness (QED) is 0.495. The number of carbonyl (C=O) groups is 1. The molecule has 0 aliphatic carbocycles. The van der Waals surface area contributed by atoms with E-state index in [2.05, 4.69) is 17.2 Å². The number of nitrogens with one attached hydrogen (secondary N) is 1. The summed E-state index contributed by atoms with van der Waals surface area (Å²) in [6.07, 6.45) is 1.84. The van der Waals surface area contributed by atoms with Crippen LogP contribution in [0.5, 0.6) is 0 Å². The summed E-state index contributed by atoms with van der Waals surface area (Å²) in [5, 5.41) is 14.1. The number of anilines is 1. The summed E-state index contributed by atoms with van der Waals surface area (Å²) in [4.78, 5) is 28.5. The van der Waals surface area contributed by atoms with Gasteiger partial charge in [-0.2, -0.15) is 0 Å². The highest BCUT2D eigenvalue weighted by atomic mass is 32.1. The zero-order valence-corrected chi connectivity index (χ0v) is 15.0. The van der Waals surface area contributed by atoms with Gasteiger partial charge >= 0.3 is 0 Å². The van der Waals surface area contributed by atoms with Gasteiger partial charge in [-0.3, -0.25) is 20.2 Å². The summed E-state index contributed by atoms with van der Waals surface area (Å²) in [6.45, 7) is 2.09. The van der Waals surface area contributed by atoms with Crippen LogP contribution < -0.4 is 5.32 Å². The normalized spacial score (nSPS) is 10.5. The van der Waals surface area contributed by atoms with E-state index in [1.165, 1.54) is 29.5 Å². The van der Waals surface area contributed by atoms with E-state index < -0.39 is 10.8 Å². The SMILES string of the molecule is CCCc1sc(NC(=O)c2cccc([N+](=O)[O-])c2)nc1-c1ccccc1. The van der Waals surface area contributed by atoms with Gasteiger partial charge in [-0.25, -0.2) is 4.98 Å². The van der Waals surface area contributed by atoms with Crippen LogP contribution in [0.3, 0.4) is 0 Å². The largest absolute Gasteiger partial charge is 0.298 e. The average Bonchev–Trinajstić information content (AvgIpc) is 3.05. The number of hydrogen-bond donors (Lipinski definition) is 1. The zero-order valence-electron chi connectivity index (χ0n) is 14.1. The van der Waals surface area contributed by atoms with Crippen LogP contribution in [0.1, 0.15) is 28.6 Å². The van der Waals surface area contributed by atoms with Crippen molar-refractivity contribution in [3.05, 3.63) is 75.2 Å². The van der Waals surface area contributed by atoms with E-state index >= 15 is 0 Å². The molecule has 132 valence electrons. The second-order valence-corrected chi connectivity index (χ2v) is 6.75. The molecule has 1 N–H and O–H groups in total. The van der Waals surface area contributed by atoms with Crippen LogP contribution in [0.2, 0.25) is 0 Å². The Morgan fingerprint density at radius 2 is 1.96 bits per heavy atom. The molecule has 1 amide bonds. The fourth-order valence-electron chi connectivity index (χ4n) is 2.55. The van der Waals surface area contributed by atoms with Gasteiger partial charge in [0.2, 0.25) is 0 Å². The molecule has 1 aromatic heterocycles. The third-order valence-corrected chi connectivity index (χ3v) is 4.79. The number of non-ortho nitro benzene ring substituents is 1. The first-order valence-electron chi connectivity index (χ1n) is 8.19. The van der Waals surface area contributed by atoms with Crippen molar-refractivity contribution in [3.8, 4) is 11.3 Å². The molecule has 0 aliphatic heterocycles. The van der Waals surface area contributed by atoms with E-state index in [0.717, 1.165) is 29.0 Å². The van der Waals surface area contributed by atoms with Gasteiger partial charge in [0.15, 0.2) is 5.13 Å². The lowest BCUT2D eigenvalue weighted by atomic mass is 10.1. The molecule has 0 radical (unpaired) electrons. The van der Waals surface area contributed by atoms with E-state index in [1.54, 1.807) is 6.07 Å². The van der Waals surface area contributed by atoms with Gasteiger partial charge < -0.3 is 0 Å². The van der Waals surface area contributed by atoms with Gasteiger partial charge in [-0.15, -0.1) is 11.3 Å². The van der Waals surface area contributed by atoms with Crippen molar-refractivity contribution in [2.45, 2.75) is 19.8 Å². The summed E-state index contributed by atoms with van der Waals surface area (Å²) < 4.78 is 0. The summed E-state index contributed by atoms with van der Waals surface area (Å²) in [7, 11) is 0. The van der Waals surface area contributed by atoms with Gasteiger partial charge in [0.1, 0.15) is 0 Å².